The van der Waals surface area contributed by atoms with Crippen molar-refractivity contribution in [3.05, 3.63) is 0 Å². The minimum atomic E-state index is -0.833. The van der Waals surface area contributed by atoms with Crippen LogP contribution in [0.25, 0.3) is 0 Å². The van der Waals surface area contributed by atoms with Gasteiger partial charge < -0.3 is 25.3 Å². The second-order valence-electron chi connectivity index (χ2n) is 3.43. The molecule has 0 aromatic heterocycles. The molecular formula is C15H36N2O6Y. The maximum atomic E-state index is 9.70. The molecule has 1 amide bonds. The van der Waals surface area contributed by atoms with Gasteiger partial charge in [-0.1, -0.05) is 13.8 Å². The van der Waals surface area contributed by atoms with Crippen molar-refractivity contribution >= 4 is 23.6 Å². The van der Waals surface area contributed by atoms with Crippen molar-refractivity contribution in [3.8, 4) is 0 Å². The number of carbonyl (C=O) groups is 4. The van der Waals surface area contributed by atoms with Gasteiger partial charge in [-0.3, -0.25) is 14.4 Å². The number of Topliss-reactive ketones (excluding diaryl/α,β-unsaturated/α-hetero) is 1. The van der Waals surface area contributed by atoms with E-state index in [1.165, 1.54) is 34.8 Å². The van der Waals surface area contributed by atoms with Crippen LogP contribution in [0, 0.1) is 0 Å². The van der Waals surface area contributed by atoms with Crippen LogP contribution in [0.5, 0.6) is 0 Å². The normalized spacial score (nSPS) is 5.96. The number of rotatable bonds is 0. The van der Waals surface area contributed by atoms with E-state index >= 15 is 0 Å². The number of aliphatic carboxylic acids is 1. The predicted octanol–water partition coefficient (Wildman–Crippen LogP) is 1.48. The largest absolute Gasteiger partial charge is 0.481 e. The van der Waals surface area contributed by atoms with Gasteiger partial charge in [0.2, 0.25) is 5.91 Å². The topological polar surface area (TPSA) is 122 Å². The number of methoxy groups -OCH3 is 1. The molecule has 8 nitrogen and oxygen atoms in total. The zero-order chi connectivity index (χ0) is 20.4. The summed E-state index contributed by atoms with van der Waals surface area (Å²) in [6.45, 7) is 11.0. The fourth-order valence-corrected chi connectivity index (χ4v) is 0. The summed E-state index contributed by atoms with van der Waals surface area (Å²) in [6, 6.07) is 0. The number of carboxylic acid groups (broad SMARTS) is 1. The van der Waals surface area contributed by atoms with Gasteiger partial charge >= 0.3 is 5.97 Å². The zero-order valence-corrected chi connectivity index (χ0v) is 19.9. The molecule has 0 aliphatic rings. The molecular weight excluding hydrogens is 393 g/mol. The zero-order valence-electron chi connectivity index (χ0n) is 17.1. The van der Waals surface area contributed by atoms with Gasteiger partial charge in [-0.2, -0.15) is 0 Å². The van der Waals surface area contributed by atoms with Crippen molar-refractivity contribution in [1.82, 2.24) is 10.6 Å². The van der Waals surface area contributed by atoms with Crippen LogP contribution in [-0.2, 0) is 56.6 Å². The second-order valence-corrected chi connectivity index (χ2v) is 3.43. The Hall–Kier alpha value is -0.856. The van der Waals surface area contributed by atoms with Gasteiger partial charge in [0.1, 0.15) is 5.78 Å². The molecule has 9 heteroatoms. The molecule has 0 rings (SSSR count). The Bertz CT molecular complexity index is 241. The Labute approximate surface area is 172 Å². The summed E-state index contributed by atoms with van der Waals surface area (Å²) in [6.07, 6.45) is 0. The third-order valence-corrected chi connectivity index (χ3v) is 0.640. The van der Waals surface area contributed by atoms with E-state index < -0.39 is 5.97 Å². The van der Waals surface area contributed by atoms with E-state index in [2.05, 4.69) is 15.4 Å². The van der Waals surface area contributed by atoms with Gasteiger partial charge in [0, 0.05) is 60.5 Å². The molecule has 3 N–H and O–H groups in total. The van der Waals surface area contributed by atoms with Crippen molar-refractivity contribution < 1.29 is 61.7 Å². The molecule has 1 radical (unpaired) electrons. The Kier molecular flexibility index (Phi) is 89.8. The molecule has 0 aromatic rings. The summed E-state index contributed by atoms with van der Waals surface area (Å²) < 4.78 is 4.11. The van der Waals surface area contributed by atoms with Crippen LogP contribution < -0.4 is 10.6 Å². The van der Waals surface area contributed by atoms with Crippen molar-refractivity contribution in [2.24, 2.45) is 0 Å². The van der Waals surface area contributed by atoms with Gasteiger partial charge in [0.05, 0.1) is 7.11 Å². The Balaban J connectivity index is -0.0000000293. The number of carboxylic acids is 1. The molecule has 0 heterocycles. The minimum absolute atomic E-state index is 0. The van der Waals surface area contributed by atoms with Gasteiger partial charge in [-0.25, -0.2) is 0 Å². The summed E-state index contributed by atoms with van der Waals surface area (Å²) in [7, 11) is 6.70. The first-order valence-corrected chi connectivity index (χ1v) is 6.90. The number of ketones is 1. The van der Waals surface area contributed by atoms with Gasteiger partial charge in [-0.15, -0.1) is 0 Å². The van der Waals surface area contributed by atoms with Crippen molar-refractivity contribution in [3.63, 3.8) is 0 Å². The second kappa shape index (κ2) is 49.5. The molecule has 0 saturated heterocycles. The van der Waals surface area contributed by atoms with Gasteiger partial charge in [-0.05, 0) is 27.9 Å². The average molecular weight is 429 g/mol. The molecule has 145 valence electrons. The van der Waals surface area contributed by atoms with Crippen molar-refractivity contribution in [2.45, 2.75) is 48.5 Å². The van der Waals surface area contributed by atoms with Crippen LogP contribution in [0.3, 0.4) is 0 Å². The number of hydrogen-bond donors (Lipinski definition) is 3. The Morgan fingerprint density at radius 1 is 0.833 bits per heavy atom. The molecule has 0 spiro atoms. The van der Waals surface area contributed by atoms with E-state index in [1.807, 2.05) is 27.9 Å². The van der Waals surface area contributed by atoms with Gasteiger partial charge in [0.15, 0.2) is 0 Å². The summed E-state index contributed by atoms with van der Waals surface area (Å²) in [5.74, 6) is -0.907. The summed E-state index contributed by atoms with van der Waals surface area (Å²) in [4.78, 5) is 37.7. The molecule has 0 unspecified atom stereocenters. The molecule has 0 fully saturated rings. The van der Waals surface area contributed by atoms with E-state index in [9.17, 15) is 14.4 Å². The third kappa shape index (κ3) is 868. The maximum absolute atomic E-state index is 9.70. The molecule has 24 heavy (non-hydrogen) atoms. The Morgan fingerprint density at radius 2 is 0.917 bits per heavy atom. The van der Waals surface area contributed by atoms with Crippen molar-refractivity contribution in [2.75, 3.05) is 28.3 Å². The number of carbonyl (C=O) groups excluding carboxylic acids is 3. The monoisotopic (exact) mass is 429 g/mol. The summed E-state index contributed by atoms with van der Waals surface area (Å²) in [5.41, 5.74) is 0. The first-order chi connectivity index (χ1) is 10.4. The van der Waals surface area contributed by atoms with Crippen LogP contribution in [0.4, 0.5) is 0 Å². The predicted molar refractivity (Wildman–Crippen MR) is 93.4 cm³/mol. The van der Waals surface area contributed by atoms with E-state index in [0.717, 1.165) is 6.92 Å². The minimum Gasteiger partial charge on any atom is -0.481 e. The summed E-state index contributed by atoms with van der Waals surface area (Å²) >= 11 is 0. The molecule has 0 bridgehead atoms. The van der Waals surface area contributed by atoms with Crippen LogP contribution in [0.1, 0.15) is 48.5 Å². The number of hydrogen-bond acceptors (Lipinski definition) is 6. The van der Waals surface area contributed by atoms with E-state index in [1.54, 1.807) is 7.05 Å². The maximum Gasteiger partial charge on any atom is 0.302 e. The van der Waals surface area contributed by atoms with Crippen LogP contribution in [0.15, 0.2) is 0 Å². The quantitative estimate of drug-likeness (QED) is 0.499. The van der Waals surface area contributed by atoms with Crippen LogP contribution in [0.2, 0.25) is 0 Å². The van der Waals surface area contributed by atoms with E-state index in [4.69, 9.17) is 9.90 Å². The first-order valence-electron chi connectivity index (χ1n) is 6.90. The standard InChI is InChI=1S/C3H7NO.C3H6O2.C3H6O.C2H7N.C2H4O2.C2H6.Y/c1-3(5)4-2;1-3(4)5-2;1-3(2)4;1-3-2;1-2(3)4;1-2;/h1-2H3,(H,4,5);1-2H3;1-2H3;3H,1-2H3;1H3,(H,3,4);1-2H3;. The first kappa shape index (κ1) is 43.5. The fourth-order valence-electron chi connectivity index (χ4n) is 0. The molecule has 0 aliphatic heterocycles. The van der Waals surface area contributed by atoms with E-state index in [-0.39, 0.29) is 50.4 Å². The Morgan fingerprint density at radius 3 is 0.917 bits per heavy atom. The van der Waals surface area contributed by atoms with E-state index in [0.29, 0.717) is 0 Å². The number of nitrogens with one attached hydrogen (secondary N) is 2. The molecule has 0 aromatic carbocycles. The third-order valence-electron chi connectivity index (χ3n) is 0.640. The molecule has 0 saturated carbocycles. The number of ether oxygens (including phenoxy) is 1. The van der Waals surface area contributed by atoms with Gasteiger partial charge in [0.25, 0.3) is 5.97 Å². The average Bonchev–Trinajstić information content (AvgIpc) is 2.41. The fraction of sp³-hybridized carbons (Fsp3) is 0.733. The smallest absolute Gasteiger partial charge is 0.302 e. The summed E-state index contributed by atoms with van der Waals surface area (Å²) in [5, 5.41) is 12.6. The number of amides is 1. The van der Waals surface area contributed by atoms with Crippen LogP contribution >= 0.6 is 0 Å². The molecule has 0 atom stereocenters. The van der Waals surface area contributed by atoms with Crippen LogP contribution in [-0.4, -0.2) is 57.0 Å². The molecule has 0 aliphatic carbocycles. The number of esters is 1. The SMILES string of the molecule is CC.CC(=O)O.CC(C)=O.CNC.CNC(C)=O.COC(C)=O.[Y]. The van der Waals surface area contributed by atoms with Crippen molar-refractivity contribution in [1.29, 1.82) is 0 Å².